The Bertz CT molecular complexity index is 1520. The Labute approximate surface area is 295 Å². The van der Waals surface area contributed by atoms with E-state index in [0.717, 1.165) is 50.2 Å². The minimum absolute atomic E-state index is 0.00664. The molecule has 1 saturated carbocycles. The first-order valence-electron chi connectivity index (χ1n) is 18.2. The molecule has 3 amide bonds. The molecular formula is C41H53F2N3O4. The summed E-state index contributed by atoms with van der Waals surface area (Å²) in [5.41, 5.74) is 1.77. The van der Waals surface area contributed by atoms with Crippen molar-refractivity contribution in [3.63, 3.8) is 0 Å². The lowest BCUT2D eigenvalue weighted by Gasteiger charge is -2.29. The fraction of sp³-hybridized carbons (Fsp3) is 0.488. The monoisotopic (exact) mass is 689 g/mol. The molecule has 3 aromatic rings. The van der Waals surface area contributed by atoms with Crippen LogP contribution in [0, 0.1) is 29.4 Å². The molecule has 0 spiro atoms. The van der Waals surface area contributed by atoms with E-state index in [1.54, 1.807) is 23.1 Å². The molecule has 3 unspecified atom stereocenters. The van der Waals surface area contributed by atoms with E-state index in [0.29, 0.717) is 43.5 Å². The lowest BCUT2D eigenvalue weighted by molar-refractivity contribution is -0.126. The van der Waals surface area contributed by atoms with Crippen LogP contribution in [0.15, 0.2) is 72.8 Å². The van der Waals surface area contributed by atoms with Gasteiger partial charge in [0.05, 0.1) is 12.1 Å². The Balaban J connectivity index is 1.56. The Morgan fingerprint density at radius 3 is 2.10 bits per heavy atom. The van der Waals surface area contributed by atoms with Gasteiger partial charge < -0.3 is 20.6 Å². The van der Waals surface area contributed by atoms with Crippen LogP contribution >= 0.6 is 0 Å². The van der Waals surface area contributed by atoms with Gasteiger partial charge in [0.25, 0.3) is 11.8 Å². The van der Waals surface area contributed by atoms with E-state index in [-0.39, 0.29) is 35.8 Å². The van der Waals surface area contributed by atoms with Crippen molar-refractivity contribution in [3.05, 3.63) is 107 Å². The molecule has 3 N–H and O–H groups in total. The molecule has 3 atom stereocenters. The minimum Gasteiger partial charge on any atom is -0.391 e. The summed E-state index contributed by atoms with van der Waals surface area (Å²) >= 11 is 0. The highest BCUT2D eigenvalue weighted by Crippen LogP contribution is 2.28. The zero-order valence-electron chi connectivity index (χ0n) is 29.7. The Kier molecular flexibility index (Phi) is 15.0. The minimum atomic E-state index is -1.24. The standard InChI is InChI=1S/C41H53F2N3O4/c1-4-18-46(19-5-2)41(50)33-13-9-12-32(24-33)40(49)45-37(23-31-21-35(42)26-36(43)22-31)38(47)25-34(20-29-10-7-6-8-11-29)39(48)44-27-30-16-14-28(3)15-17-30/h6-13,21-22,24,26,28,30,34,37-38,47H,4-5,14-20,23,25,27H2,1-3H3,(H,44,48)(H,45,49). The van der Waals surface area contributed by atoms with Crippen LogP contribution < -0.4 is 10.6 Å². The van der Waals surface area contributed by atoms with Crippen molar-refractivity contribution in [2.24, 2.45) is 17.8 Å². The summed E-state index contributed by atoms with van der Waals surface area (Å²) < 4.78 is 28.5. The number of nitrogens with zero attached hydrogens (tertiary/aromatic N) is 1. The summed E-state index contributed by atoms with van der Waals surface area (Å²) in [4.78, 5) is 42.5. The summed E-state index contributed by atoms with van der Waals surface area (Å²) in [6, 6.07) is 18.1. The van der Waals surface area contributed by atoms with Gasteiger partial charge in [0.15, 0.2) is 0 Å². The number of hydrogen-bond donors (Lipinski definition) is 3. The van der Waals surface area contributed by atoms with Crippen LogP contribution in [0.5, 0.6) is 0 Å². The molecule has 1 aliphatic rings. The van der Waals surface area contributed by atoms with Gasteiger partial charge >= 0.3 is 0 Å². The van der Waals surface area contributed by atoms with Crippen LogP contribution in [0.3, 0.4) is 0 Å². The largest absolute Gasteiger partial charge is 0.391 e. The van der Waals surface area contributed by atoms with Gasteiger partial charge in [-0.3, -0.25) is 14.4 Å². The molecule has 0 aromatic heterocycles. The molecule has 9 heteroatoms. The first-order chi connectivity index (χ1) is 24.1. The van der Waals surface area contributed by atoms with E-state index < -0.39 is 35.6 Å². The summed E-state index contributed by atoms with van der Waals surface area (Å²) in [5.74, 6) is -1.96. The second-order valence-electron chi connectivity index (χ2n) is 14.0. The maximum Gasteiger partial charge on any atom is 0.253 e. The average molecular weight is 690 g/mol. The van der Waals surface area contributed by atoms with E-state index >= 15 is 0 Å². The van der Waals surface area contributed by atoms with Crippen molar-refractivity contribution in [3.8, 4) is 0 Å². The maximum absolute atomic E-state index is 14.2. The summed E-state index contributed by atoms with van der Waals surface area (Å²) in [7, 11) is 0. The quantitative estimate of drug-likeness (QED) is 0.141. The number of amides is 3. The van der Waals surface area contributed by atoms with Crippen molar-refractivity contribution < 1.29 is 28.3 Å². The van der Waals surface area contributed by atoms with Crippen LogP contribution in [0.1, 0.15) is 97.6 Å². The molecule has 0 aliphatic heterocycles. The van der Waals surface area contributed by atoms with Crippen LogP contribution in [-0.4, -0.2) is 59.5 Å². The first kappa shape index (κ1) is 38.7. The van der Waals surface area contributed by atoms with Crippen molar-refractivity contribution in [2.45, 2.75) is 90.7 Å². The maximum atomic E-state index is 14.2. The molecule has 4 rings (SSSR count). The van der Waals surface area contributed by atoms with Crippen LogP contribution in [0.25, 0.3) is 0 Å². The number of rotatable bonds is 17. The second kappa shape index (κ2) is 19.3. The highest BCUT2D eigenvalue weighted by molar-refractivity contribution is 5.99. The number of carbonyl (C=O) groups is 3. The number of hydrogen-bond acceptors (Lipinski definition) is 4. The lowest BCUT2D eigenvalue weighted by Crippen LogP contribution is -2.47. The van der Waals surface area contributed by atoms with Crippen LogP contribution in [0.2, 0.25) is 0 Å². The number of aliphatic hydroxyl groups excluding tert-OH is 1. The first-order valence-corrected chi connectivity index (χ1v) is 18.2. The van der Waals surface area contributed by atoms with Crippen molar-refractivity contribution in [2.75, 3.05) is 19.6 Å². The molecule has 1 fully saturated rings. The summed E-state index contributed by atoms with van der Waals surface area (Å²) in [5, 5.41) is 17.7. The number of benzene rings is 3. The lowest BCUT2D eigenvalue weighted by atomic mass is 9.83. The van der Waals surface area contributed by atoms with Gasteiger partial charge in [-0.2, -0.15) is 0 Å². The van der Waals surface area contributed by atoms with Gasteiger partial charge in [-0.1, -0.05) is 70.0 Å². The van der Waals surface area contributed by atoms with Gasteiger partial charge in [-0.25, -0.2) is 8.78 Å². The third kappa shape index (κ3) is 11.8. The molecule has 3 aromatic carbocycles. The molecule has 0 bridgehead atoms. The smallest absolute Gasteiger partial charge is 0.253 e. The predicted octanol–water partition coefficient (Wildman–Crippen LogP) is 7.12. The van der Waals surface area contributed by atoms with Crippen LogP contribution in [-0.2, 0) is 17.6 Å². The van der Waals surface area contributed by atoms with Gasteiger partial charge in [0.1, 0.15) is 11.6 Å². The zero-order chi connectivity index (χ0) is 36.0. The fourth-order valence-corrected chi connectivity index (χ4v) is 6.91. The number of aliphatic hydroxyl groups is 1. The topological polar surface area (TPSA) is 98.7 Å². The van der Waals surface area contributed by atoms with Crippen LogP contribution in [0.4, 0.5) is 8.78 Å². The fourth-order valence-electron chi connectivity index (χ4n) is 6.91. The van der Waals surface area contributed by atoms with Gasteiger partial charge in [0, 0.05) is 42.7 Å². The Morgan fingerprint density at radius 1 is 0.820 bits per heavy atom. The van der Waals surface area contributed by atoms with E-state index in [4.69, 9.17) is 0 Å². The highest BCUT2D eigenvalue weighted by Gasteiger charge is 2.30. The normalized spacial score (nSPS) is 17.7. The number of nitrogens with one attached hydrogen (secondary N) is 2. The third-order valence-corrected chi connectivity index (χ3v) is 9.73. The van der Waals surface area contributed by atoms with E-state index in [2.05, 4.69) is 17.6 Å². The average Bonchev–Trinajstić information content (AvgIpc) is 3.10. The molecule has 0 heterocycles. The third-order valence-electron chi connectivity index (χ3n) is 9.73. The van der Waals surface area contributed by atoms with Crippen molar-refractivity contribution in [1.29, 1.82) is 0 Å². The van der Waals surface area contributed by atoms with Gasteiger partial charge in [-0.15, -0.1) is 0 Å². The Morgan fingerprint density at radius 2 is 1.46 bits per heavy atom. The zero-order valence-corrected chi connectivity index (χ0v) is 29.7. The van der Waals surface area contributed by atoms with Gasteiger partial charge in [0.2, 0.25) is 5.91 Å². The molecule has 270 valence electrons. The molecule has 7 nitrogen and oxygen atoms in total. The van der Waals surface area contributed by atoms with E-state index in [1.807, 2.05) is 44.2 Å². The molecule has 0 radical (unpaired) electrons. The SMILES string of the molecule is CCCN(CCC)C(=O)c1cccc(C(=O)NC(Cc2cc(F)cc(F)c2)C(O)CC(Cc2ccccc2)C(=O)NCC2CCC(C)CC2)c1. The Hall–Kier alpha value is -4.11. The molecule has 0 saturated heterocycles. The summed E-state index contributed by atoms with van der Waals surface area (Å²) in [6.07, 6.45) is 5.06. The van der Waals surface area contributed by atoms with Crippen molar-refractivity contribution in [1.82, 2.24) is 15.5 Å². The summed E-state index contributed by atoms with van der Waals surface area (Å²) in [6.45, 7) is 8.02. The predicted molar refractivity (Wildman–Crippen MR) is 193 cm³/mol. The number of halogens is 2. The molecule has 1 aliphatic carbocycles. The van der Waals surface area contributed by atoms with Crippen molar-refractivity contribution >= 4 is 17.7 Å². The number of carbonyl (C=O) groups excluding carboxylic acids is 3. The van der Waals surface area contributed by atoms with Gasteiger partial charge in [-0.05, 0) is 98.2 Å². The molecule has 50 heavy (non-hydrogen) atoms. The second-order valence-corrected chi connectivity index (χ2v) is 14.0. The van der Waals surface area contributed by atoms with E-state index in [1.165, 1.54) is 18.2 Å². The van der Waals surface area contributed by atoms with E-state index in [9.17, 15) is 28.3 Å². The molecular weight excluding hydrogens is 636 g/mol. The highest BCUT2D eigenvalue weighted by atomic mass is 19.1.